The first kappa shape index (κ1) is 10.9. The van der Waals surface area contributed by atoms with Crippen molar-refractivity contribution in [2.24, 2.45) is 5.73 Å². The largest absolute Gasteiger partial charge is 0.366 e. The van der Waals surface area contributed by atoms with Gasteiger partial charge in [-0.1, -0.05) is 17.7 Å². The topological polar surface area (TPSA) is 68.9 Å². The number of aromatic nitrogens is 2. The average molecular weight is 258 g/mol. The van der Waals surface area contributed by atoms with Gasteiger partial charge >= 0.3 is 0 Å². The van der Waals surface area contributed by atoms with Crippen molar-refractivity contribution >= 4 is 39.6 Å². The van der Waals surface area contributed by atoms with Crippen LogP contribution in [-0.4, -0.2) is 15.9 Å². The van der Waals surface area contributed by atoms with Crippen molar-refractivity contribution in [1.29, 1.82) is 0 Å². The van der Waals surface area contributed by atoms with Gasteiger partial charge in [-0.05, 0) is 30.3 Å². The SMILES string of the molecule is NC(=O)c1cccc2nc3ccc(Cl)cc3nc12. The third-order valence-corrected chi connectivity index (χ3v) is 2.93. The number of fused-ring (bicyclic) bond motifs is 2. The Labute approximate surface area is 107 Å². The molecule has 0 aliphatic rings. The molecule has 2 N–H and O–H groups in total. The van der Waals surface area contributed by atoms with Crippen molar-refractivity contribution in [3.05, 3.63) is 47.0 Å². The molecule has 5 heteroatoms. The van der Waals surface area contributed by atoms with Crippen molar-refractivity contribution < 1.29 is 4.79 Å². The van der Waals surface area contributed by atoms with E-state index < -0.39 is 5.91 Å². The first-order valence-corrected chi connectivity index (χ1v) is 5.69. The van der Waals surface area contributed by atoms with Gasteiger partial charge in [-0.15, -0.1) is 0 Å². The van der Waals surface area contributed by atoms with Gasteiger partial charge in [-0.25, -0.2) is 9.97 Å². The molecule has 0 spiro atoms. The lowest BCUT2D eigenvalue weighted by molar-refractivity contribution is 0.100. The van der Waals surface area contributed by atoms with E-state index in [2.05, 4.69) is 9.97 Å². The fraction of sp³-hybridized carbons (Fsp3) is 0. The van der Waals surface area contributed by atoms with Gasteiger partial charge in [-0.3, -0.25) is 4.79 Å². The van der Waals surface area contributed by atoms with Gasteiger partial charge in [0.05, 0.1) is 22.1 Å². The summed E-state index contributed by atoms with van der Waals surface area (Å²) in [6.45, 7) is 0. The molecule has 0 fully saturated rings. The number of hydrogen-bond donors (Lipinski definition) is 1. The van der Waals surface area contributed by atoms with Gasteiger partial charge in [0.1, 0.15) is 5.52 Å². The second-order valence-corrected chi connectivity index (χ2v) is 4.33. The quantitative estimate of drug-likeness (QED) is 0.681. The summed E-state index contributed by atoms with van der Waals surface area (Å²) in [5, 5.41) is 0.577. The van der Waals surface area contributed by atoms with Crippen molar-refractivity contribution in [1.82, 2.24) is 9.97 Å². The van der Waals surface area contributed by atoms with E-state index in [0.29, 0.717) is 27.1 Å². The molecule has 1 aromatic heterocycles. The van der Waals surface area contributed by atoms with E-state index in [1.165, 1.54) is 0 Å². The van der Waals surface area contributed by atoms with Crippen LogP contribution in [0.3, 0.4) is 0 Å². The molecule has 1 amide bonds. The summed E-state index contributed by atoms with van der Waals surface area (Å²) < 4.78 is 0. The number of nitrogens with zero attached hydrogens (tertiary/aromatic N) is 2. The van der Waals surface area contributed by atoms with E-state index in [0.717, 1.165) is 5.52 Å². The van der Waals surface area contributed by atoms with E-state index in [-0.39, 0.29) is 0 Å². The minimum Gasteiger partial charge on any atom is -0.366 e. The third-order valence-electron chi connectivity index (χ3n) is 2.69. The number of rotatable bonds is 1. The van der Waals surface area contributed by atoms with Crippen LogP contribution in [0.15, 0.2) is 36.4 Å². The highest BCUT2D eigenvalue weighted by atomic mass is 35.5. The highest BCUT2D eigenvalue weighted by Gasteiger charge is 2.09. The molecule has 4 nitrogen and oxygen atoms in total. The first-order chi connectivity index (χ1) is 8.65. The molecule has 0 bridgehead atoms. The lowest BCUT2D eigenvalue weighted by Crippen LogP contribution is -2.12. The van der Waals surface area contributed by atoms with E-state index in [4.69, 9.17) is 17.3 Å². The van der Waals surface area contributed by atoms with E-state index in [9.17, 15) is 4.79 Å². The zero-order valence-electron chi connectivity index (χ0n) is 9.22. The summed E-state index contributed by atoms with van der Waals surface area (Å²) in [5.74, 6) is -0.517. The Morgan fingerprint density at radius 1 is 1.06 bits per heavy atom. The third kappa shape index (κ3) is 1.67. The minimum atomic E-state index is -0.517. The Bertz CT molecular complexity index is 786. The van der Waals surface area contributed by atoms with Gasteiger partial charge in [0.25, 0.3) is 5.91 Å². The molecule has 0 radical (unpaired) electrons. The number of carbonyl (C=O) groups is 1. The van der Waals surface area contributed by atoms with Crippen LogP contribution in [0.4, 0.5) is 0 Å². The Balaban J connectivity index is 2.45. The van der Waals surface area contributed by atoms with Gasteiger partial charge in [0.15, 0.2) is 0 Å². The molecule has 0 aliphatic carbocycles. The molecule has 88 valence electrons. The normalized spacial score (nSPS) is 10.9. The molecule has 2 aromatic carbocycles. The van der Waals surface area contributed by atoms with Crippen LogP contribution in [0.2, 0.25) is 5.02 Å². The molecule has 1 heterocycles. The number of halogens is 1. The molecule has 3 rings (SSSR count). The van der Waals surface area contributed by atoms with Crippen molar-refractivity contribution in [2.45, 2.75) is 0 Å². The fourth-order valence-corrected chi connectivity index (χ4v) is 2.04. The summed E-state index contributed by atoms with van der Waals surface area (Å²) in [4.78, 5) is 20.2. The van der Waals surface area contributed by atoms with Crippen molar-refractivity contribution in [3.63, 3.8) is 0 Å². The number of primary amides is 1. The monoisotopic (exact) mass is 257 g/mol. The van der Waals surface area contributed by atoms with E-state index in [1.54, 1.807) is 36.4 Å². The predicted octanol–water partition coefficient (Wildman–Crippen LogP) is 2.54. The number of benzene rings is 2. The Morgan fingerprint density at radius 2 is 1.89 bits per heavy atom. The summed E-state index contributed by atoms with van der Waals surface area (Å²) in [5.41, 5.74) is 8.20. The van der Waals surface area contributed by atoms with Gasteiger partial charge in [-0.2, -0.15) is 0 Å². The van der Waals surface area contributed by atoms with Crippen molar-refractivity contribution in [3.8, 4) is 0 Å². The molecule has 0 saturated heterocycles. The molecule has 18 heavy (non-hydrogen) atoms. The molecule has 0 unspecified atom stereocenters. The molecular formula is C13H8ClN3O. The number of nitrogens with two attached hydrogens (primary N) is 1. The zero-order valence-corrected chi connectivity index (χ0v) is 9.98. The van der Waals surface area contributed by atoms with E-state index >= 15 is 0 Å². The van der Waals surface area contributed by atoms with E-state index in [1.807, 2.05) is 0 Å². The van der Waals surface area contributed by atoms with Crippen LogP contribution in [0.1, 0.15) is 10.4 Å². The smallest absolute Gasteiger partial charge is 0.250 e. The molecule has 0 aliphatic heterocycles. The predicted molar refractivity (Wildman–Crippen MR) is 70.6 cm³/mol. The second-order valence-electron chi connectivity index (χ2n) is 3.89. The van der Waals surface area contributed by atoms with Crippen LogP contribution in [-0.2, 0) is 0 Å². The maximum Gasteiger partial charge on any atom is 0.250 e. The molecule has 0 atom stereocenters. The Morgan fingerprint density at radius 3 is 2.67 bits per heavy atom. The zero-order chi connectivity index (χ0) is 12.7. The van der Waals surface area contributed by atoms with Crippen LogP contribution in [0.25, 0.3) is 22.1 Å². The number of carbonyl (C=O) groups excluding carboxylic acids is 1. The van der Waals surface area contributed by atoms with Gasteiger partial charge in [0, 0.05) is 5.02 Å². The highest BCUT2D eigenvalue weighted by Crippen LogP contribution is 2.21. The van der Waals surface area contributed by atoms with Crippen LogP contribution < -0.4 is 5.73 Å². The maximum atomic E-state index is 11.3. The molecule has 3 aromatic rings. The fourth-order valence-electron chi connectivity index (χ4n) is 1.87. The number of para-hydroxylation sites is 1. The maximum absolute atomic E-state index is 11.3. The average Bonchev–Trinajstić information content (AvgIpc) is 2.35. The Hall–Kier alpha value is -2.20. The summed E-state index contributed by atoms with van der Waals surface area (Å²) in [6, 6.07) is 10.4. The standard InChI is InChI=1S/C13H8ClN3O/c14-7-4-5-9-11(6-7)17-12-8(13(15)18)2-1-3-10(12)16-9/h1-6H,(H2,15,18). The number of hydrogen-bond acceptors (Lipinski definition) is 3. The Kier molecular flexibility index (Phi) is 2.38. The van der Waals surface area contributed by atoms with Crippen LogP contribution in [0.5, 0.6) is 0 Å². The summed E-state index contributed by atoms with van der Waals surface area (Å²) in [6.07, 6.45) is 0. The van der Waals surface area contributed by atoms with Crippen LogP contribution >= 0.6 is 11.6 Å². The number of amides is 1. The summed E-state index contributed by atoms with van der Waals surface area (Å²) in [7, 11) is 0. The molecule has 0 saturated carbocycles. The lowest BCUT2D eigenvalue weighted by Gasteiger charge is -2.04. The summed E-state index contributed by atoms with van der Waals surface area (Å²) >= 11 is 5.91. The minimum absolute atomic E-state index is 0.363. The van der Waals surface area contributed by atoms with Gasteiger partial charge < -0.3 is 5.73 Å². The first-order valence-electron chi connectivity index (χ1n) is 5.31. The highest BCUT2D eigenvalue weighted by molar-refractivity contribution is 6.31. The van der Waals surface area contributed by atoms with Crippen molar-refractivity contribution in [2.75, 3.05) is 0 Å². The lowest BCUT2D eigenvalue weighted by atomic mass is 10.1. The van der Waals surface area contributed by atoms with Gasteiger partial charge in [0.2, 0.25) is 0 Å². The second kappa shape index (κ2) is 3.92. The molecular weight excluding hydrogens is 250 g/mol. The van der Waals surface area contributed by atoms with Crippen LogP contribution in [0, 0.1) is 0 Å².